The maximum atomic E-state index is 10.2. The quantitative estimate of drug-likeness (QED) is 0.872. The van der Waals surface area contributed by atoms with Crippen molar-refractivity contribution in [1.29, 1.82) is 0 Å². The zero-order valence-electron chi connectivity index (χ0n) is 14.4. The van der Waals surface area contributed by atoms with Gasteiger partial charge in [-0.2, -0.15) is 0 Å². The molecule has 0 amide bonds. The van der Waals surface area contributed by atoms with E-state index in [4.69, 9.17) is 4.74 Å². The molecular formula is C18H30N2O2. The van der Waals surface area contributed by atoms with E-state index >= 15 is 0 Å². The van der Waals surface area contributed by atoms with Crippen molar-refractivity contribution in [3.8, 4) is 5.75 Å². The summed E-state index contributed by atoms with van der Waals surface area (Å²) >= 11 is 0. The molecule has 2 rings (SSSR count). The first-order chi connectivity index (χ1) is 10.5. The van der Waals surface area contributed by atoms with Crippen LogP contribution in [0.5, 0.6) is 5.75 Å². The fourth-order valence-electron chi connectivity index (χ4n) is 3.21. The topological polar surface area (TPSA) is 35.9 Å². The van der Waals surface area contributed by atoms with Crippen LogP contribution in [-0.4, -0.2) is 66.9 Å². The van der Waals surface area contributed by atoms with E-state index in [9.17, 15) is 5.11 Å². The Morgan fingerprint density at radius 2 is 1.59 bits per heavy atom. The van der Waals surface area contributed by atoms with Crippen LogP contribution in [-0.2, 0) is 0 Å². The molecule has 0 spiro atoms. The van der Waals surface area contributed by atoms with Crippen molar-refractivity contribution in [3.63, 3.8) is 0 Å². The van der Waals surface area contributed by atoms with Gasteiger partial charge in [-0.05, 0) is 38.4 Å². The molecule has 1 atom stereocenters. The van der Waals surface area contributed by atoms with Gasteiger partial charge in [0.05, 0.1) is 0 Å². The molecule has 0 unspecified atom stereocenters. The Morgan fingerprint density at radius 1 is 1.05 bits per heavy atom. The van der Waals surface area contributed by atoms with E-state index in [0.717, 1.165) is 49.6 Å². The van der Waals surface area contributed by atoms with Gasteiger partial charge >= 0.3 is 0 Å². The van der Waals surface area contributed by atoms with Gasteiger partial charge in [0.1, 0.15) is 18.5 Å². The average molecular weight is 306 g/mol. The molecule has 1 aliphatic rings. The summed E-state index contributed by atoms with van der Waals surface area (Å²) in [6.45, 7) is 14.9. The second kappa shape index (κ2) is 7.95. The predicted octanol–water partition coefficient (Wildman–Crippen LogP) is 1.99. The van der Waals surface area contributed by atoms with Crippen LogP contribution in [0.3, 0.4) is 0 Å². The van der Waals surface area contributed by atoms with Crippen molar-refractivity contribution in [3.05, 3.63) is 28.8 Å². The monoisotopic (exact) mass is 306 g/mol. The first-order valence-corrected chi connectivity index (χ1v) is 8.33. The van der Waals surface area contributed by atoms with Crippen LogP contribution >= 0.6 is 0 Å². The number of hydrogen-bond acceptors (Lipinski definition) is 4. The molecule has 1 aromatic rings. The van der Waals surface area contributed by atoms with Gasteiger partial charge in [0, 0.05) is 32.7 Å². The molecule has 1 aliphatic heterocycles. The molecule has 1 aromatic carbocycles. The summed E-state index contributed by atoms with van der Waals surface area (Å²) in [5.74, 6) is 0.917. The predicted molar refractivity (Wildman–Crippen MR) is 90.7 cm³/mol. The number of nitrogens with zero attached hydrogens (tertiary/aromatic N) is 2. The molecule has 0 aromatic heterocycles. The van der Waals surface area contributed by atoms with Gasteiger partial charge < -0.3 is 14.7 Å². The van der Waals surface area contributed by atoms with Gasteiger partial charge in [0.2, 0.25) is 0 Å². The summed E-state index contributed by atoms with van der Waals surface area (Å²) in [6.07, 6.45) is -0.437. The van der Waals surface area contributed by atoms with E-state index in [1.54, 1.807) is 0 Å². The molecule has 0 aliphatic carbocycles. The lowest BCUT2D eigenvalue weighted by Gasteiger charge is -2.35. The van der Waals surface area contributed by atoms with Crippen LogP contribution in [0.1, 0.15) is 23.6 Å². The van der Waals surface area contributed by atoms with Crippen molar-refractivity contribution < 1.29 is 9.84 Å². The molecule has 0 saturated carbocycles. The minimum absolute atomic E-state index is 0.360. The lowest BCUT2D eigenvalue weighted by Crippen LogP contribution is -2.49. The third-order valence-corrected chi connectivity index (χ3v) is 4.41. The van der Waals surface area contributed by atoms with Crippen molar-refractivity contribution >= 4 is 0 Å². The van der Waals surface area contributed by atoms with Crippen LogP contribution in [0.15, 0.2) is 12.1 Å². The third-order valence-electron chi connectivity index (χ3n) is 4.41. The zero-order chi connectivity index (χ0) is 16.1. The minimum Gasteiger partial charge on any atom is -0.490 e. The number of aliphatic hydroxyl groups is 1. The molecule has 1 saturated heterocycles. The maximum absolute atomic E-state index is 10.2. The number of β-amino-alcohol motifs (C(OH)–C–C–N with tert-alkyl or cyclic N) is 1. The number of ether oxygens (including phenoxy) is 1. The summed E-state index contributed by atoms with van der Waals surface area (Å²) in [6, 6.07) is 4.25. The van der Waals surface area contributed by atoms with Crippen LogP contribution in [0.2, 0.25) is 0 Å². The number of benzene rings is 1. The van der Waals surface area contributed by atoms with E-state index in [0.29, 0.717) is 13.2 Å². The summed E-state index contributed by atoms with van der Waals surface area (Å²) in [5, 5.41) is 10.2. The smallest absolute Gasteiger partial charge is 0.125 e. The van der Waals surface area contributed by atoms with Crippen molar-refractivity contribution in [1.82, 2.24) is 9.80 Å². The van der Waals surface area contributed by atoms with E-state index < -0.39 is 6.10 Å². The molecule has 0 radical (unpaired) electrons. The largest absolute Gasteiger partial charge is 0.490 e. The van der Waals surface area contributed by atoms with Crippen molar-refractivity contribution in [2.75, 3.05) is 45.9 Å². The number of likely N-dealkylation sites (N-methyl/N-ethyl adjacent to an activating group) is 1. The number of aliphatic hydroxyl groups excluding tert-OH is 1. The van der Waals surface area contributed by atoms with Gasteiger partial charge in [-0.1, -0.05) is 24.6 Å². The molecule has 1 fully saturated rings. The summed E-state index contributed by atoms with van der Waals surface area (Å²) < 4.78 is 5.88. The standard InChI is InChI=1S/C18H30N2O2/c1-5-19-6-8-20(9-7-19)12-17(21)13-22-18-15(3)10-14(2)11-16(18)4/h10-11,17,21H,5-9,12-13H2,1-4H3/t17-/m1/s1. The summed E-state index contributed by atoms with van der Waals surface area (Å²) in [5.41, 5.74) is 3.53. The highest BCUT2D eigenvalue weighted by atomic mass is 16.5. The lowest BCUT2D eigenvalue weighted by atomic mass is 10.1. The van der Waals surface area contributed by atoms with Crippen LogP contribution < -0.4 is 4.74 Å². The molecule has 4 heteroatoms. The first-order valence-electron chi connectivity index (χ1n) is 8.33. The second-order valence-corrected chi connectivity index (χ2v) is 6.43. The fraction of sp³-hybridized carbons (Fsp3) is 0.667. The minimum atomic E-state index is -0.437. The summed E-state index contributed by atoms with van der Waals surface area (Å²) in [4.78, 5) is 4.77. The Hall–Kier alpha value is -1.10. The first kappa shape index (κ1) is 17.3. The molecular weight excluding hydrogens is 276 g/mol. The Morgan fingerprint density at radius 3 is 2.14 bits per heavy atom. The van der Waals surface area contributed by atoms with Gasteiger partial charge in [-0.3, -0.25) is 4.90 Å². The molecule has 124 valence electrons. The van der Waals surface area contributed by atoms with Crippen molar-refractivity contribution in [2.24, 2.45) is 0 Å². The third kappa shape index (κ3) is 4.70. The van der Waals surface area contributed by atoms with Gasteiger partial charge in [0.25, 0.3) is 0 Å². The van der Waals surface area contributed by atoms with Crippen LogP contribution in [0, 0.1) is 20.8 Å². The van der Waals surface area contributed by atoms with E-state index in [2.05, 4.69) is 49.6 Å². The van der Waals surface area contributed by atoms with Gasteiger partial charge in [-0.25, -0.2) is 0 Å². The van der Waals surface area contributed by atoms with Gasteiger partial charge in [-0.15, -0.1) is 0 Å². The highest BCUT2D eigenvalue weighted by Crippen LogP contribution is 2.24. The van der Waals surface area contributed by atoms with Crippen molar-refractivity contribution in [2.45, 2.75) is 33.8 Å². The zero-order valence-corrected chi connectivity index (χ0v) is 14.4. The Labute approximate surface area is 134 Å². The molecule has 22 heavy (non-hydrogen) atoms. The molecule has 0 bridgehead atoms. The van der Waals surface area contributed by atoms with E-state index in [-0.39, 0.29) is 0 Å². The maximum Gasteiger partial charge on any atom is 0.125 e. The SMILES string of the molecule is CCN1CCN(C[C@@H](O)COc2c(C)cc(C)cc2C)CC1. The second-order valence-electron chi connectivity index (χ2n) is 6.43. The molecule has 1 heterocycles. The van der Waals surface area contributed by atoms with Crippen LogP contribution in [0.25, 0.3) is 0 Å². The Kier molecular flexibility index (Phi) is 6.24. The Balaban J connectivity index is 1.80. The fourth-order valence-corrected chi connectivity index (χ4v) is 3.21. The molecule has 4 nitrogen and oxygen atoms in total. The normalized spacial score (nSPS) is 18.4. The van der Waals surface area contributed by atoms with Gasteiger partial charge in [0.15, 0.2) is 0 Å². The van der Waals surface area contributed by atoms with E-state index in [1.807, 2.05) is 0 Å². The average Bonchev–Trinajstić information content (AvgIpc) is 2.47. The van der Waals surface area contributed by atoms with E-state index in [1.165, 1.54) is 5.56 Å². The Bertz CT molecular complexity index is 459. The highest BCUT2D eigenvalue weighted by molar-refractivity contribution is 5.42. The number of hydrogen-bond donors (Lipinski definition) is 1. The molecule has 1 N–H and O–H groups in total. The number of piperazine rings is 1. The number of rotatable bonds is 6. The van der Waals surface area contributed by atoms with Crippen LogP contribution in [0.4, 0.5) is 0 Å². The highest BCUT2D eigenvalue weighted by Gasteiger charge is 2.18. The number of aryl methyl sites for hydroxylation is 3. The summed E-state index contributed by atoms with van der Waals surface area (Å²) in [7, 11) is 0. The lowest BCUT2D eigenvalue weighted by molar-refractivity contribution is 0.0468.